The molecule has 1 aromatic heterocycles. The van der Waals surface area contributed by atoms with Crippen molar-refractivity contribution in [3.05, 3.63) is 144 Å². The molecule has 5 rings (SSSR count). The third-order valence-corrected chi connectivity index (χ3v) is 6.14. The summed E-state index contributed by atoms with van der Waals surface area (Å²) in [5.74, 6) is 0.475. The predicted octanol–water partition coefficient (Wildman–Crippen LogP) is 7.76. The molecule has 1 atom stereocenters. The summed E-state index contributed by atoms with van der Waals surface area (Å²) in [5.41, 5.74) is 3.82. The summed E-state index contributed by atoms with van der Waals surface area (Å²) in [7, 11) is 0. The number of aromatic nitrogens is 2. The highest BCUT2D eigenvalue weighted by Gasteiger charge is 2.14. The number of rotatable bonds is 9. The van der Waals surface area contributed by atoms with Gasteiger partial charge in [-0.2, -0.15) is 5.10 Å². The molecule has 194 valence electrons. The first-order valence-electron chi connectivity index (χ1n) is 12.6. The summed E-state index contributed by atoms with van der Waals surface area (Å²) in [6.45, 7) is 2.30. The van der Waals surface area contributed by atoms with Gasteiger partial charge < -0.3 is 9.47 Å². The molecule has 0 aliphatic carbocycles. The van der Waals surface area contributed by atoms with Crippen LogP contribution in [-0.4, -0.2) is 15.7 Å². The number of carbonyl (C=O) groups is 1. The van der Waals surface area contributed by atoms with E-state index in [1.54, 1.807) is 37.4 Å². The Kier molecular flexibility index (Phi) is 7.93. The van der Waals surface area contributed by atoms with E-state index >= 15 is 0 Å². The molecule has 0 aliphatic rings. The fourth-order valence-corrected chi connectivity index (χ4v) is 4.02. The molecule has 5 aromatic rings. The van der Waals surface area contributed by atoms with Crippen LogP contribution in [0.3, 0.4) is 0 Å². The van der Waals surface area contributed by atoms with Crippen molar-refractivity contribution in [2.45, 2.75) is 19.6 Å². The van der Waals surface area contributed by atoms with Crippen LogP contribution in [0.1, 0.15) is 34.6 Å². The van der Waals surface area contributed by atoms with Gasteiger partial charge in [-0.05, 0) is 60.0 Å². The molecule has 0 spiro atoms. The average molecular weight is 519 g/mol. The lowest BCUT2D eigenvalue weighted by Gasteiger charge is -2.13. The summed E-state index contributed by atoms with van der Waals surface area (Å²) >= 11 is 0. The summed E-state index contributed by atoms with van der Waals surface area (Å²) in [6.07, 6.45) is 4.29. The highest BCUT2D eigenvalue weighted by molar-refractivity contribution is 5.93. The molecule has 39 heavy (non-hydrogen) atoms. The van der Waals surface area contributed by atoms with Crippen molar-refractivity contribution >= 4 is 12.0 Å². The molecule has 5 nitrogen and oxygen atoms in total. The minimum absolute atomic E-state index is 0.295. The van der Waals surface area contributed by atoms with Gasteiger partial charge in [-0.3, -0.25) is 4.79 Å². The SMILES string of the molecule is C[C@H](Oc1ccc(-c2ccccc2)c(F)c1)c1ccn(C(=O)/C=C/c2ccc(OCc3ccccc3)cc2)n1. The maximum atomic E-state index is 14.7. The number of halogens is 1. The van der Waals surface area contributed by atoms with Crippen molar-refractivity contribution in [1.29, 1.82) is 0 Å². The van der Waals surface area contributed by atoms with Gasteiger partial charge in [-0.15, -0.1) is 0 Å². The molecule has 0 saturated heterocycles. The second-order valence-corrected chi connectivity index (χ2v) is 8.97. The number of carbonyl (C=O) groups excluding carboxylic acids is 1. The maximum Gasteiger partial charge on any atom is 0.270 e. The van der Waals surface area contributed by atoms with Gasteiger partial charge in [0.15, 0.2) is 0 Å². The highest BCUT2D eigenvalue weighted by atomic mass is 19.1. The van der Waals surface area contributed by atoms with Crippen LogP contribution in [0, 0.1) is 5.82 Å². The van der Waals surface area contributed by atoms with Crippen LogP contribution >= 0.6 is 0 Å². The van der Waals surface area contributed by atoms with E-state index in [-0.39, 0.29) is 11.7 Å². The molecular weight excluding hydrogens is 491 g/mol. The lowest BCUT2D eigenvalue weighted by molar-refractivity contribution is 0.0953. The quantitative estimate of drug-likeness (QED) is 0.187. The van der Waals surface area contributed by atoms with Gasteiger partial charge >= 0.3 is 0 Å². The van der Waals surface area contributed by atoms with E-state index < -0.39 is 6.10 Å². The summed E-state index contributed by atoms with van der Waals surface area (Å²) in [6, 6.07) is 33.3. The monoisotopic (exact) mass is 518 g/mol. The van der Waals surface area contributed by atoms with Gasteiger partial charge in [-0.25, -0.2) is 9.07 Å². The van der Waals surface area contributed by atoms with Crippen LogP contribution in [-0.2, 0) is 6.61 Å². The summed E-state index contributed by atoms with van der Waals surface area (Å²) in [4.78, 5) is 12.7. The van der Waals surface area contributed by atoms with Crippen LogP contribution in [0.2, 0.25) is 0 Å². The Bertz CT molecular complexity index is 1560. The molecule has 0 saturated carbocycles. The van der Waals surface area contributed by atoms with Crippen molar-refractivity contribution in [3.63, 3.8) is 0 Å². The van der Waals surface area contributed by atoms with Gasteiger partial charge in [0.05, 0.1) is 0 Å². The number of hydrogen-bond acceptors (Lipinski definition) is 4. The molecule has 0 bridgehead atoms. The number of ether oxygens (including phenoxy) is 2. The molecule has 0 radical (unpaired) electrons. The van der Waals surface area contributed by atoms with Crippen molar-refractivity contribution in [1.82, 2.24) is 9.78 Å². The fraction of sp³-hybridized carbons (Fsp3) is 0.0909. The van der Waals surface area contributed by atoms with E-state index in [1.165, 1.54) is 16.8 Å². The smallest absolute Gasteiger partial charge is 0.270 e. The molecule has 0 amide bonds. The zero-order chi connectivity index (χ0) is 27.0. The number of benzene rings is 4. The largest absolute Gasteiger partial charge is 0.489 e. The van der Waals surface area contributed by atoms with Crippen molar-refractivity contribution < 1.29 is 18.7 Å². The molecule has 1 heterocycles. The third-order valence-electron chi connectivity index (χ3n) is 6.14. The second kappa shape index (κ2) is 12.0. The van der Waals surface area contributed by atoms with E-state index in [9.17, 15) is 9.18 Å². The topological polar surface area (TPSA) is 53.4 Å². The number of nitrogens with zero attached hydrogens (tertiary/aromatic N) is 2. The minimum Gasteiger partial charge on any atom is -0.489 e. The van der Waals surface area contributed by atoms with E-state index in [0.717, 1.165) is 22.4 Å². The first-order chi connectivity index (χ1) is 19.0. The minimum atomic E-state index is -0.478. The van der Waals surface area contributed by atoms with E-state index in [1.807, 2.05) is 84.9 Å². The molecule has 0 unspecified atom stereocenters. The summed E-state index contributed by atoms with van der Waals surface area (Å²) < 4.78 is 27.6. The van der Waals surface area contributed by atoms with Gasteiger partial charge in [0.1, 0.15) is 35.7 Å². The zero-order valence-corrected chi connectivity index (χ0v) is 21.4. The van der Waals surface area contributed by atoms with Crippen molar-refractivity contribution in [2.24, 2.45) is 0 Å². The van der Waals surface area contributed by atoms with E-state index in [0.29, 0.717) is 23.6 Å². The Morgan fingerprint density at radius 2 is 1.59 bits per heavy atom. The predicted molar refractivity (Wildman–Crippen MR) is 150 cm³/mol. The zero-order valence-electron chi connectivity index (χ0n) is 21.4. The van der Waals surface area contributed by atoms with Gasteiger partial charge in [0, 0.05) is 23.9 Å². The molecule has 0 N–H and O–H groups in total. The first-order valence-corrected chi connectivity index (χ1v) is 12.6. The second-order valence-electron chi connectivity index (χ2n) is 8.97. The Labute approximate surface area is 226 Å². The number of allylic oxidation sites excluding steroid dienone is 1. The molecule has 6 heteroatoms. The van der Waals surface area contributed by atoms with Crippen LogP contribution < -0.4 is 9.47 Å². The van der Waals surface area contributed by atoms with E-state index in [2.05, 4.69) is 5.10 Å². The van der Waals surface area contributed by atoms with Gasteiger partial charge in [0.25, 0.3) is 5.91 Å². The van der Waals surface area contributed by atoms with Crippen molar-refractivity contribution in [2.75, 3.05) is 0 Å². The fourth-order valence-electron chi connectivity index (χ4n) is 4.02. The Morgan fingerprint density at radius 3 is 2.31 bits per heavy atom. The maximum absolute atomic E-state index is 14.7. The van der Waals surface area contributed by atoms with Gasteiger partial charge in [0.2, 0.25) is 0 Å². The number of hydrogen-bond donors (Lipinski definition) is 0. The normalized spacial score (nSPS) is 11.8. The molecule has 0 fully saturated rings. The average Bonchev–Trinajstić information content (AvgIpc) is 3.47. The van der Waals surface area contributed by atoms with Crippen LogP contribution in [0.15, 0.2) is 121 Å². The highest BCUT2D eigenvalue weighted by Crippen LogP contribution is 2.28. The molecule has 4 aromatic carbocycles. The Hall–Kier alpha value is -4.97. The van der Waals surface area contributed by atoms with Crippen LogP contribution in [0.4, 0.5) is 4.39 Å². The molecular formula is C33H27FN2O3. The first kappa shape index (κ1) is 25.7. The van der Waals surface area contributed by atoms with Crippen LogP contribution in [0.5, 0.6) is 11.5 Å². The Morgan fingerprint density at radius 1 is 0.897 bits per heavy atom. The lowest BCUT2D eigenvalue weighted by atomic mass is 10.1. The molecule has 0 aliphatic heterocycles. The standard InChI is InChI=1S/C33H27FN2O3/c1-24(39-29-17-18-30(31(34)22-29)27-10-6-3-7-11-27)32-20-21-36(35-32)33(37)19-14-25-12-15-28(16-13-25)38-23-26-8-4-2-5-9-26/h2-22,24H,23H2,1H3/b19-14+/t24-/m0/s1. The van der Waals surface area contributed by atoms with E-state index in [4.69, 9.17) is 9.47 Å². The lowest BCUT2D eigenvalue weighted by Crippen LogP contribution is -2.10. The summed E-state index contributed by atoms with van der Waals surface area (Å²) in [5, 5.41) is 4.35. The third kappa shape index (κ3) is 6.67. The van der Waals surface area contributed by atoms with Gasteiger partial charge in [-0.1, -0.05) is 72.8 Å². The Balaban J connectivity index is 1.16. The van der Waals surface area contributed by atoms with Crippen molar-refractivity contribution in [3.8, 4) is 22.6 Å². The van der Waals surface area contributed by atoms with Crippen LogP contribution in [0.25, 0.3) is 17.2 Å².